The van der Waals surface area contributed by atoms with Crippen molar-refractivity contribution in [3.05, 3.63) is 59.7 Å². The second-order valence-corrected chi connectivity index (χ2v) is 4.06. The van der Waals surface area contributed by atoms with Gasteiger partial charge in [-0.2, -0.15) is 0 Å². The zero-order valence-corrected chi connectivity index (χ0v) is 10.0. The first-order valence-electron chi connectivity index (χ1n) is 5.79. The molecule has 0 aliphatic carbocycles. The molecule has 17 heavy (non-hydrogen) atoms. The molecule has 2 nitrogen and oxygen atoms in total. The summed E-state index contributed by atoms with van der Waals surface area (Å²) in [5.41, 5.74) is 9.12. The molecule has 2 rings (SSSR count). The van der Waals surface area contributed by atoms with E-state index in [2.05, 4.69) is 31.2 Å². The Morgan fingerprint density at radius 2 is 1.71 bits per heavy atom. The molecule has 0 spiro atoms. The van der Waals surface area contributed by atoms with Crippen LogP contribution in [-0.2, 0) is 6.42 Å². The predicted molar refractivity (Wildman–Crippen MR) is 71.2 cm³/mol. The minimum Gasteiger partial charge on any atom is -0.491 e. The number of rotatable bonds is 4. The average molecular weight is 227 g/mol. The van der Waals surface area contributed by atoms with Crippen molar-refractivity contribution >= 4 is 5.69 Å². The maximum absolute atomic E-state index is 5.80. The van der Waals surface area contributed by atoms with Crippen LogP contribution in [0.15, 0.2) is 48.5 Å². The van der Waals surface area contributed by atoms with Gasteiger partial charge in [-0.25, -0.2) is 0 Å². The Balaban J connectivity index is 1.93. The molecule has 2 N–H and O–H groups in total. The maximum atomic E-state index is 5.80. The summed E-state index contributed by atoms with van der Waals surface area (Å²) in [6, 6.07) is 15.9. The summed E-state index contributed by atoms with van der Waals surface area (Å²) in [4.78, 5) is 0. The Kier molecular flexibility index (Phi) is 3.66. The first-order chi connectivity index (χ1) is 8.27. The van der Waals surface area contributed by atoms with Crippen molar-refractivity contribution in [2.45, 2.75) is 13.3 Å². The molecule has 0 heterocycles. The fourth-order valence-corrected chi connectivity index (χ4v) is 1.77. The van der Waals surface area contributed by atoms with Gasteiger partial charge in [0, 0.05) is 6.42 Å². The molecule has 0 bridgehead atoms. The summed E-state index contributed by atoms with van der Waals surface area (Å²) >= 11 is 0. The van der Waals surface area contributed by atoms with E-state index in [4.69, 9.17) is 10.5 Å². The Bertz CT molecular complexity index is 448. The smallest absolute Gasteiger partial charge is 0.142 e. The van der Waals surface area contributed by atoms with Crippen LogP contribution in [0.5, 0.6) is 5.75 Å². The van der Waals surface area contributed by atoms with E-state index >= 15 is 0 Å². The quantitative estimate of drug-likeness (QED) is 0.814. The lowest BCUT2D eigenvalue weighted by Gasteiger charge is -2.09. The molecule has 0 aromatic heterocycles. The van der Waals surface area contributed by atoms with Gasteiger partial charge in [-0.05, 0) is 30.2 Å². The van der Waals surface area contributed by atoms with E-state index in [9.17, 15) is 0 Å². The molecule has 0 aliphatic rings. The van der Waals surface area contributed by atoms with Gasteiger partial charge in [0.05, 0.1) is 12.3 Å². The van der Waals surface area contributed by atoms with Crippen molar-refractivity contribution in [2.75, 3.05) is 12.3 Å². The van der Waals surface area contributed by atoms with E-state index in [1.807, 2.05) is 24.3 Å². The Morgan fingerprint density at radius 3 is 2.47 bits per heavy atom. The van der Waals surface area contributed by atoms with Gasteiger partial charge in [0.15, 0.2) is 0 Å². The van der Waals surface area contributed by atoms with Gasteiger partial charge >= 0.3 is 0 Å². The molecule has 2 heteroatoms. The van der Waals surface area contributed by atoms with Crippen molar-refractivity contribution < 1.29 is 4.74 Å². The first kappa shape index (κ1) is 11.5. The number of ether oxygens (including phenoxy) is 1. The summed E-state index contributed by atoms with van der Waals surface area (Å²) in [6.45, 7) is 2.77. The van der Waals surface area contributed by atoms with Crippen molar-refractivity contribution in [3.8, 4) is 5.75 Å². The van der Waals surface area contributed by atoms with E-state index in [1.54, 1.807) is 0 Å². The van der Waals surface area contributed by atoms with E-state index in [-0.39, 0.29) is 0 Å². The summed E-state index contributed by atoms with van der Waals surface area (Å²) in [5.74, 6) is 0.765. The Hall–Kier alpha value is -1.96. The summed E-state index contributed by atoms with van der Waals surface area (Å²) in [7, 11) is 0. The highest BCUT2D eigenvalue weighted by molar-refractivity contribution is 5.51. The molecule has 0 fully saturated rings. The minimum atomic E-state index is 0.652. The normalized spacial score (nSPS) is 10.2. The average Bonchev–Trinajstić information content (AvgIpc) is 2.34. The summed E-state index contributed by atoms with van der Waals surface area (Å²) in [6.07, 6.45) is 0.904. The van der Waals surface area contributed by atoms with Gasteiger partial charge in [-0.1, -0.05) is 36.4 Å². The van der Waals surface area contributed by atoms with Crippen LogP contribution >= 0.6 is 0 Å². The highest BCUT2D eigenvalue weighted by Gasteiger charge is 2.00. The molecule has 2 aromatic carbocycles. The number of nitrogen functional groups attached to an aromatic ring is 1. The van der Waals surface area contributed by atoms with Crippen LogP contribution in [0, 0.1) is 6.92 Å². The molecular formula is C15H17NO. The van der Waals surface area contributed by atoms with E-state index in [0.29, 0.717) is 12.3 Å². The number of para-hydroxylation sites is 2. The van der Waals surface area contributed by atoms with Crippen molar-refractivity contribution in [1.29, 1.82) is 0 Å². The topological polar surface area (TPSA) is 35.2 Å². The van der Waals surface area contributed by atoms with Crippen LogP contribution < -0.4 is 10.5 Å². The van der Waals surface area contributed by atoms with Crippen molar-refractivity contribution in [1.82, 2.24) is 0 Å². The number of nitrogens with two attached hydrogens (primary N) is 1. The van der Waals surface area contributed by atoms with Gasteiger partial charge < -0.3 is 10.5 Å². The van der Waals surface area contributed by atoms with E-state index < -0.39 is 0 Å². The lowest BCUT2D eigenvalue weighted by Crippen LogP contribution is -2.04. The molecule has 88 valence electrons. The second kappa shape index (κ2) is 5.39. The fourth-order valence-electron chi connectivity index (χ4n) is 1.77. The van der Waals surface area contributed by atoms with Gasteiger partial charge in [0.1, 0.15) is 5.75 Å². The van der Waals surface area contributed by atoms with Crippen LogP contribution in [0.4, 0.5) is 5.69 Å². The number of anilines is 1. The van der Waals surface area contributed by atoms with Gasteiger partial charge in [0.2, 0.25) is 0 Å². The molecule has 2 aromatic rings. The first-order valence-corrected chi connectivity index (χ1v) is 5.79. The molecule has 0 radical (unpaired) electrons. The maximum Gasteiger partial charge on any atom is 0.142 e. The fraction of sp³-hybridized carbons (Fsp3) is 0.200. The molecule has 0 unspecified atom stereocenters. The SMILES string of the molecule is Cc1ccccc1CCOc1ccccc1N. The van der Waals surface area contributed by atoms with E-state index in [0.717, 1.165) is 12.2 Å². The zero-order chi connectivity index (χ0) is 12.1. The monoisotopic (exact) mass is 227 g/mol. The lowest BCUT2D eigenvalue weighted by atomic mass is 10.1. The van der Waals surface area contributed by atoms with Crippen molar-refractivity contribution in [2.24, 2.45) is 0 Å². The van der Waals surface area contributed by atoms with Gasteiger partial charge in [-0.3, -0.25) is 0 Å². The molecular weight excluding hydrogens is 210 g/mol. The van der Waals surface area contributed by atoms with Crippen LogP contribution in [0.25, 0.3) is 0 Å². The molecule has 0 amide bonds. The second-order valence-electron chi connectivity index (χ2n) is 4.06. The summed E-state index contributed by atoms with van der Waals surface area (Å²) in [5, 5.41) is 0. The highest BCUT2D eigenvalue weighted by Crippen LogP contribution is 2.20. The third-order valence-electron chi connectivity index (χ3n) is 2.81. The number of aryl methyl sites for hydroxylation is 1. The zero-order valence-electron chi connectivity index (χ0n) is 10.0. The van der Waals surface area contributed by atoms with Crippen LogP contribution in [0.1, 0.15) is 11.1 Å². The lowest BCUT2D eigenvalue weighted by molar-refractivity contribution is 0.323. The number of benzene rings is 2. The van der Waals surface area contributed by atoms with Gasteiger partial charge in [-0.15, -0.1) is 0 Å². The van der Waals surface area contributed by atoms with Crippen molar-refractivity contribution in [3.63, 3.8) is 0 Å². The van der Waals surface area contributed by atoms with Crippen LogP contribution in [0.3, 0.4) is 0 Å². The number of hydrogen-bond donors (Lipinski definition) is 1. The third-order valence-corrected chi connectivity index (χ3v) is 2.81. The largest absolute Gasteiger partial charge is 0.491 e. The molecule has 0 saturated carbocycles. The summed E-state index contributed by atoms with van der Waals surface area (Å²) < 4.78 is 5.67. The Morgan fingerprint density at radius 1 is 1.00 bits per heavy atom. The predicted octanol–water partition coefficient (Wildman–Crippen LogP) is 3.20. The van der Waals surface area contributed by atoms with Gasteiger partial charge in [0.25, 0.3) is 0 Å². The number of hydrogen-bond acceptors (Lipinski definition) is 2. The van der Waals surface area contributed by atoms with E-state index in [1.165, 1.54) is 11.1 Å². The molecule has 0 atom stereocenters. The van der Waals surface area contributed by atoms with Crippen LogP contribution in [0.2, 0.25) is 0 Å². The molecule has 0 aliphatic heterocycles. The standard InChI is InChI=1S/C15H17NO/c1-12-6-2-3-7-13(12)10-11-17-15-9-5-4-8-14(15)16/h2-9H,10-11,16H2,1H3. The minimum absolute atomic E-state index is 0.652. The molecule has 0 saturated heterocycles. The van der Waals surface area contributed by atoms with Crippen LogP contribution in [-0.4, -0.2) is 6.61 Å². The Labute approximate surface area is 102 Å². The third kappa shape index (κ3) is 3.00. The highest BCUT2D eigenvalue weighted by atomic mass is 16.5.